The number of amides is 1. The number of rotatable bonds is 4. The van der Waals surface area contributed by atoms with Gasteiger partial charge in [0.15, 0.2) is 0 Å². The van der Waals surface area contributed by atoms with Crippen molar-refractivity contribution in [2.24, 2.45) is 0 Å². The first-order chi connectivity index (χ1) is 12.6. The largest absolute Gasteiger partial charge is 0.490 e. The first-order valence-corrected chi connectivity index (χ1v) is 9.91. The molecule has 0 radical (unpaired) electrons. The van der Waals surface area contributed by atoms with Crippen LogP contribution in [0.25, 0.3) is 6.08 Å². The van der Waals surface area contributed by atoms with Crippen LogP contribution >= 0.6 is 24.0 Å². The van der Waals surface area contributed by atoms with Gasteiger partial charge in [-0.05, 0) is 48.2 Å². The summed E-state index contributed by atoms with van der Waals surface area (Å²) in [6.07, 6.45) is 3.87. The monoisotopic (exact) mass is 381 g/mol. The van der Waals surface area contributed by atoms with Crippen LogP contribution in [-0.4, -0.2) is 27.8 Å². The molecule has 1 atom stereocenters. The number of carbonyl (C=O) groups is 1. The Labute approximate surface area is 163 Å². The highest BCUT2D eigenvalue weighted by Gasteiger charge is 2.31. The highest BCUT2D eigenvalue weighted by molar-refractivity contribution is 8.26. The quantitative estimate of drug-likeness (QED) is 0.578. The number of thiocarbonyl (C=S) groups is 1. The first kappa shape index (κ1) is 17.3. The Bertz CT molecular complexity index is 892. The van der Waals surface area contributed by atoms with Crippen LogP contribution in [0.15, 0.2) is 53.4 Å². The number of fused-ring (bicyclic) bond motifs is 1. The predicted octanol–water partition coefficient (Wildman–Crippen LogP) is 4.45. The van der Waals surface area contributed by atoms with Crippen molar-refractivity contribution in [3.05, 3.63) is 70.1 Å². The molecule has 5 heteroatoms. The third kappa shape index (κ3) is 3.55. The Balaban J connectivity index is 1.48. The lowest BCUT2D eigenvalue weighted by Gasteiger charge is -2.14. The molecule has 0 N–H and O–H groups in total. The van der Waals surface area contributed by atoms with Crippen molar-refractivity contribution >= 4 is 40.3 Å². The van der Waals surface area contributed by atoms with Gasteiger partial charge in [0.25, 0.3) is 5.91 Å². The van der Waals surface area contributed by atoms with Crippen molar-refractivity contribution in [1.29, 1.82) is 0 Å². The minimum atomic E-state index is 0.000970. The number of nitrogens with zero attached hydrogens (tertiary/aromatic N) is 1. The van der Waals surface area contributed by atoms with Crippen LogP contribution < -0.4 is 4.74 Å². The second-order valence-corrected chi connectivity index (χ2v) is 8.24. The summed E-state index contributed by atoms with van der Waals surface area (Å²) in [5.74, 6) is 0.950. The van der Waals surface area contributed by atoms with Gasteiger partial charge in [0.2, 0.25) is 0 Å². The van der Waals surface area contributed by atoms with Crippen LogP contribution in [0.3, 0.4) is 0 Å². The lowest BCUT2D eigenvalue weighted by atomic mass is 10.1. The van der Waals surface area contributed by atoms with Crippen LogP contribution in [0, 0.1) is 0 Å². The van der Waals surface area contributed by atoms with Crippen LogP contribution in [-0.2, 0) is 17.6 Å². The number of benzene rings is 2. The number of thioether (sulfide) groups is 1. The average molecular weight is 382 g/mol. The molecular weight excluding hydrogens is 362 g/mol. The zero-order valence-electron chi connectivity index (χ0n) is 14.5. The predicted molar refractivity (Wildman–Crippen MR) is 110 cm³/mol. The van der Waals surface area contributed by atoms with Crippen LogP contribution in [0.2, 0.25) is 0 Å². The van der Waals surface area contributed by atoms with Gasteiger partial charge in [-0.3, -0.25) is 9.69 Å². The standard InChI is InChI=1S/C21H19NO2S2/c1-14-11-17-12-16(7-8-18(17)24-14)13-19-20(23)22(21(25)26-19)10-9-15-5-3-2-4-6-15/h2-8,12-14H,9-11H2,1H3/b19-13+. The molecule has 0 bridgehead atoms. The zero-order valence-corrected chi connectivity index (χ0v) is 16.1. The van der Waals surface area contributed by atoms with E-state index in [4.69, 9.17) is 17.0 Å². The van der Waals surface area contributed by atoms with Crippen molar-refractivity contribution < 1.29 is 9.53 Å². The topological polar surface area (TPSA) is 29.5 Å². The molecule has 3 nitrogen and oxygen atoms in total. The molecule has 2 heterocycles. The van der Waals surface area contributed by atoms with Crippen molar-refractivity contribution in [3.63, 3.8) is 0 Å². The van der Waals surface area contributed by atoms with Gasteiger partial charge in [0.1, 0.15) is 16.2 Å². The number of ether oxygens (including phenoxy) is 1. The summed E-state index contributed by atoms with van der Waals surface area (Å²) in [6, 6.07) is 16.2. The molecule has 4 rings (SSSR count). The molecule has 2 aromatic carbocycles. The fourth-order valence-corrected chi connectivity index (χ4v) is 4.57. The van der Waals surface area contributed by atoms with Gasteiger partial charge in [-0.1, -0.05) is 60.4 Å². The van der Waals surface area contributed by atoms with Gasteiger partial charge >= 0.3 is 0 Å². The molecule has 2 aliphatic heterocycles. The van der Waals surface area contributed by atoms with E-state index in [1.165, 1.54) is 22.9 Å². The molecule has 1 fully saturated rings. The van der Waals surface area contributed by atoms with E-state index >= 15 is 0 Å². The molecule has 1 unspecified atom stereocenters. The fraction of sp³-hybridized carbons (Fsp3) is 0.238. The minimum Gasteiger partial charge on any atom is -0.490 e. The summed E-state index contributed by atoms with van der Waals surface area (Å²) in [5, 5.41) is 0. The smallest absolute Gasteiger partial charge is 0.266 e. The molecule has 2 aliphatic rings. The molecule has 0 aliphatic carbocycles. The Morgan fingerprint density at radius 2 is 2.08 bits per heavy atom. The second kappa shape index (κ2) is 7.25. The van der Waals surface area contributed by atoms with Gasteiger partial charge < -0.3 is 4.74 Å². The first-order valence-electron chi connectivity index (χ1n) is 8.69. The number of hydrogen-bond donors (Lipinski definition) is 0. The van der Waals surface area contributed by atoms with E-state index in [2.05, 4.69) is 25.1 Å². The molecular formula is C21H19NO2S2. The van der Waals surface area contributed by atoms with Crippen LogP contribution in [0.1, 0.15) is 23.6 Å². The summed E-state index contributed by atoms with van der Waals surface area (Å²) in [6.45, 7) is 2.68. The molecule has 2 aromatic rings. The summed E-state index contributed by atoms with van der Waals surface area (Å²) in [7, 11) is 0. The van der Waals surface area contributed by atoms with E-state index < -0.39 is 0 Å². The van der Waals surface area contributed by atoms with E-state index in [0.29, 0.717) is 15.8 Å². The summed E-state index contributed by atoms with van der Waals surface area (Å²) < 4.78 is 6.37. The van der Waals surface area contributed by atoms with E-state index in [9.17, 15) is 4.79 Å². The van der Waals surface area contributed by atoms with Gasteiger partial charge in [0.05, 0.1) is 4.91 Å². The summed E-state index contributed by atoms with van der Waals surface area (Å²) in [5.41, 5.74) is 3.43. The zero-order chi connectivity index (χ0) is 18.1. The van der Waals surface area contributed by atoms with E-state index in [1.54, 1.807) is 4.90 Å². The molecule has 0 aromatic heterocycles. The van der Waals surface area contributed by atoms with E-state index in [-0.39, 0.29) is 12.0 Å². The third-order valence-corrected chi connectivity index (χ3v) is 5.94. The highest BCUT2D eigenvalue weighted by atomic mass is 32.2. The Kier molecular flexibility index (Phi) is 4.83. The Morgan fingerprint density at radius 3 is 2.88 bits per heavy atom. The van der Waals surface area contributed by atoms with Crippen molar-refractivity contribution in [2.45, 2.75) is 25.9 Å². The van der Waals surface area contributed by atoms with E-state index in [1.807, 2.05) is 36.4 Å². The van der Waals surface area contributed by atoms with Crippen molar-refractivity contribution in [1.82, 2.24) is 4.90 Å². The van der Waals surface area contributed by atoms with Crippen molar-refractivity contribution in [3.8, 4) is 5.75 Å². The van der Waals surface area contributed by atoms with Crippen LogP contribution in [0.5, 0.6) is 5.75 Å². The maximum Gasteiger partial charge on any atom is 0.266 e. The van der Waals surface area contributed by atoms with Gasteiger partial charge in [-0.25, -0.2) is 0 Å². The molecule has 1 amide bonds. The van der Waals surface area contributed by atoms with Gasteiger partial charge in [0, 0.05) is 13.0 Å². The SMILES string of the molecule is CC1Cc2cc(/C=C3/SC(=S)N(CCc4ccccc4)C3=O)ccc2O1. The highest BCUT2D eigenvalue weighted by Crippen LogP contribution is 2.34. The number of hydrogen-bond acceptors (Lipinski definition) is 4. The molecule has 26 heavy (non-hydrogen) atoms. The van der Waals surface area contributed by atoms with Crippen LogP contribution in [0.4, 0.5) is 0 Å². The van der Waals surface area contributed by atoms with Gasteiger partial charge in [-0.15, -0.1) is 0 Å². The van der Waals surface area contributed by atoms with Crippen molar-refractivity contribution in [2.75, 3.05) is 6.54 Å². The number of carbonyl (C=O) groups excluding carboxylic acids is 1. The minimum absolute atomic E-state index is 0.000970. The Morgan fingerprint density at radius 1 is 1.27 bits per heavy atom. The second-order valence-electron chi connectivity index (χ2n) is 6.57. The fourth-order valence-electron chi connectivity index (χ4n) is 3.26. The summed E-state index contributed by atoms with van der Waals surface area (Å²) in [4.78, 5) is 15.1. The van der Waals surface area contributed by atoms with Gasteiger partial charge in [-0.2, -0.15) is 0 Å². The summed E-state index contributed by atoms with van der Waals surface area (Å²) >= 11 is 6.81. The molecule has 0 spiro atoms. The Hall–Kier alpha value is -2.11. The lowest BCUT2D eigenvalue weighted by Crippen LogP contribution is -2.30. The normalized spacial score (nSPS) is 20.6. The van der Waals surface area contributed by atoms with E-state index in [0.717, 1.165) is 24.2 Å². The maximum atomic E-state index is 12.8. The third-order valence-electron chi connectivity index (χ3n) is 4.56. The lowest BCUT2D eigenvalue weighted by molar-refractivity contribution is -0.122. The maximum absolute atomic E-state index is 12.8. The average Bonchev–Trinajstić information content (AvgIpc) is 3.13. The molecule has 1 saturated heterocycles. The molecule has 0 saturated carbocycles. The molecule has 132 valence electrons.